The minimum atomic E-state index is -0.317. The summed E-state index contributed by atoms with van der Waals surface area (Å²) in [6.45, 7) is 2.62. The molecule has 4 rings (SSSR count). The normalized spacial score (nSPS) is 14.3. The van der Waals surface area contributed by atoms with Gasteiger partial charge in [-0.25, -0.2) is 4.79 Å². The third-order valence-electron chi connectivity index (χ3n) is 5.45. The van der Waals surface area contributed by atoms with E-state index in [0.29, 0.717) is 41.0 Å². The molecule has 0 spiro atoms. The number of nitrogens with one attached hydrogen (secondary N) is 1. The molecule has 1 aliphatic heterocycles. The van der Waals surface area contributed by atoms with E-state index in [1.165, 1.54) is 0 Å². The Labute approximate surface area is 180 Å². The second-order valence-electron chi connectivity index (χ2n) is 7.34. The molecule has 31 heavy (non-hydrogen) atoms. The summed E-state index contributed by atoms with van der Waals surface area (Å²) in [6.07, 6.45) is 0. The molecule has 1 atom stereocenters. The lowest BCUT2D eigenvalue weighted by molar-refractivity contribution is 0.354. The van der Waals surface area contributed by atoms with Crippen molar-refractivity contribution >= 4 is 11.5 Å². The Balaban J connectivity index is 1.82. The van der Waals surface area contributed by atoms with Gasteiger partial charge in [0, 0.05) is 48.0 Å². The summed E-state index contributed by atoms with van der Waals surface area (Å²) in [4.78, 5) is 17.1. The van der Waals surface area contributed by atoms with Crippen LogP contribution in [0.25, 0.3) is 11.3 Å². The van der Waals surface area contributed by atoms with Gasteiger partial charge in [0.1, 0.15) is 17.3 Å². The van der Waals surface area contributed by atoms with Crippen LogP contribution in [0.4, 0.5) is 11.5 Å². The number of benzene rings is 2. The number of methoxy groups -OCH3 is 4. The first kappa shape index (κ1) is 20.6. The summed E-state index contributed by atoms with van der Waals surface area (Å²) in [6, 6.07) is 11.2. The van der Waals surface area contributed by atoms with E-state index in [1.807, 2.05) is 30.3 Å². The molecule has 1 N–H and O–H groups in total. The first-order valence-electron chi connectivity index (χ1n) is 9.85. The van der Waals surface area contributed by atoms with E-state index in [1.54, 1.807) is 39.1 Å². The number of fused-ring (bicyclic) bond motifs is 3. The summed E-state index contributed by atoms with van der Waals surface area (Å²) in [5, 5.41) is 3.20. The Kier molecular flexibility index (Phi) is 5.46. The largest absolute Gasteiger partial charge is 0.497 e. The number of hydrogen-bond acceptors (Lipinski definition) is 7. The molecule has 0 bridgehead atoms. The topological polar surface area (TPSA) is 83.8 Å². The van der Waals surface area contributed by atoms with E-state index in [0.717, 1.165) is 16.8 Å². The van der Waals surface area contributed by atoms with Gasteiger partial charge in [-0.2, -0.15) is 4.98 Å². The highest BCUT2D eigenvalue weighted by Crippen LogP contribution is 2.42. The second kappa shape index (κ2) is 8.22. The first-order chi connectivity index (χ1) is 15.0. The first-order valence-corrected chi connectivity index (χ1v) is 9.85. The van der Waals surface area contributed by atoms with Gasteiger partial charge < -0.3 is 24.3 Å². The number of hydrogen-bond donors (Lipinski definition) is 1. The van der Waals surface area contributed by atoms with E-state index in [4.69, 9.17) is 18.9 Å². The highest BCUT2D eigenvalue weighted by Gasteiger charge is 2.26. The number of rotatable bonds is 6. The summed E-state index contributed by atoms with van der Waals surface area (Å²) in [5.74, 6) is 3.10. The number of anilines is 2. The maximum Gasteiger partial charge on any atom is 0.350 e. The minimum absolute atomic E-state index is 0.128. The molecule has 2 heterocycles. The van der Waals surface area contributed by atoms with Crippen molar-refractivity contribution in [3.05, 3.63) is 52.4 Å². The Hall–Kier alpha value is -3.68. The SMILES string of the molecule is COc1cc(Nc2cc3n(c(=O)n2)CC(C)c2cc(OC)c(OC)cc2-3)cc(OC)c1. The van der Waals surface area contributed by atoms with Crippen LogP contribution in [-0.4, -0.2) is 38.0 Å². The van der Waals surface area contributed by atoms with Crippen molar-refractivity contribution in [1.29, 1.82) is 0 Å². The third-order valence-corrected chi connectivity index (χ3v) is 5.45. The molecule has 0 aliphatic carbocycles. The van der Waals surface area contributed by atoms with Crippen LogP contribution in [0.1, 0.15) is 18.4 Å². The van der Waals surface area contributed by atoms with Crippen molar-refractivity contribution in [3.63, 3.8) is 0 Å². The molecule has 8 heteroatoms. The maximum absolute atomic E-state index is 12.9. The van der Waals surface area contributed by atoms with Crippen LogP contribution in [0, 0.1) is 0 Å². The number of nitrogens with zero attached hydrogens (tertiary/aromatic N) is 2. The van der Waals surface area contributed by atoms with E-state index in [-0.39, 0.29) is 11.6 Å². The van der Waals surface area contributed by atoms with Crippen LogP contribution in [0.2, 0.25) is 0 Å². The fourth-order valence-electron chi connectivity index (χ4n) is 3.89. The molecular formula is C23H25N3O5. The summed E-state index contributed by atoms with van der Waals surface area (Å²) < 4.78 is 23.3. The van der Waals surface area contributed by atoms with Gasteiger partial charge in [-0.05, 0) is 17.7 Å². The standard InChI is InChI=1S/C23H25N3O5/c1-13-12-26-19(18-10-21(31-5)20(30-4)9-17(13)18)11-22(25-23(26)27)24-14-6-15(28-2)8-16(7-14)29-3/h6-11,13H,12H2,1-5H3,(H,24,25,27). The van der Waals surface area contributed by atoms with E-state index in [9.17, 15) is 4.79 Å². The van der Waals surface area contributed by atoms with Crippen LogP contribution in [-0.2, 0) is 6.54 Å². The molecule has 1 aromatic heterocycles. The molecule has 0 fully saturated rings. The quantitative estimate of drug-likeness (QED) is 0.645. The molecule has 3 aromatic rings. The minimum Gasteiger partial charge on any atom is -0.497 e. The molecule has 8 nitrogen and oxygen atoms in total. The molecule has 0 amide bonds. The smallest absolute Gasteiger partial charge is 0.350 e. The molecule has 0 saturated heterocycles. The van der Waals surface area contributed by atoms with Crippen molar-refractivity contribution < 1.29 is 18.9 Å². The predicted octanol–water partition coefficient (Wildman–Crippen LogP) is 3.81. The molecule has 0 saturated carbocycles. The van der Waals surface area contributed by atoms with Crippen LogP contribution in [0.15, 0.2) is 41.2 Å². The number of ether oxygens (including phenoxy) is 4. The molecule has 2 aromatic carbocycles. The predicted molar refractivity (Wildman–Crippen MR) is 118 cm³/mol. The van der Waals surface area contributed by atoms with Crippen molar-refractivity contribution in [2.75, 3.05) is 33.8 Å². The molecular weight excluding hydrogens is 398 g/mol. The maximum atomic E-state index is 12.9. The van der Waals surface area contributed by atoms with Gasteiger partial charge in [-0.3, -0.25) is 4.57 Å². The van der Waals surface area contributed by atoms with Crippen LogP contribution < -0.4 is 30.0 Å². The second-order valence-corrected chi connectivity index (χ2v) is 7.34. The fourth-order valence-corrected chi connectivity index (χ4v) is 3.89. The van der Waals surface area contributed by atoms with Crippen LogP contribution in [0.3, 0.4) is 0 Å². The lowest BCUT2D eigenvalue weighted by Crippen LogP contribution is -2.30. The van der Waals surface area contributed by atoms with Gasteiger partial charge in [-0.15, -0.1) is 0 Å². The average Bonchev–Trinajstić information content (AvgIpc) is 2.78. The molecule has 0 radical (unpaired) electrons. The highest BCUT2D eigenvalue weighted by molar-refractivity contribution is 5.74. The van der Waals surface area contributed by atoms with Gasteiger partial charge >= 0.3 is 5.69 Å². The Morgan fingerprint density at radius 3 is 2.16 bits per heavy atom. The Morgan fingerprint density at radius 1 is 0.903 bits per heavy atom. The lowest BCUT2D eigenvalue weighted by atomic mass is 9.89. The monoisotopic (exact) mass is 423 g/mol. The molecule has 162 valence electrons. The zero-order valence-electron chi connectivity index (χ0n) is 18.2. The van der Waals surface area contributed by atoms with Gasteiger partial charge in [-0.1, -0.05) is 6.92 Å². The highest BCUT2D eigenvalue weighted by atomic mass is 16.5. The van der Waals surface area contributed by atoms with Crippen molar-refractivity contribution in [1.82, 2.24) is 9.55 Å². The van der Waals surface area contributed by atoms with Gasteiger partial charge in [0.2, 0.25) is 0 Å². The summed E-state index contributed by atoms with van der Waals surface area (Å²) >= 11 is 0. The van der Waals surface area contributed by atoms with Gasteiger partial charge in [0.25, 0.3) is 0 Å². The zero-order chi connectivity index (χ0) is 22.1. The van der Waals surface area contributed by atoms with Crippen molar-refractivity contribution in [2.45, 2.75) is 19.4 Å². The lowest BCUT2D eigenvalue weighted by Gasteiger charge is -2.28. The molecule has 1 aliphatic rings. The van der Waals surface area contributed by atoms with E-state index in [2.05, 4.69) is 17.2 Å². The van der Waals surface area contributed by atoms with Crippen LogP contribution >= 0.6 is 0 Å². The van der Waals surface area contributed by atoms with Crippen molar-refractivity contribution in [2.24, 2.45) is 0 Å². The summed E-state index contributed by atoms with van der Waals surface area (Å²) in [7, 11) is 6.38. The summed E-state index contributed by atoms with van der Waals surface area (Å²) in [5.41, 5.74) is 3.16. The van der Waals surface area contributed by atoms with Crippen molar-refractivity contribution in [3.8, 4) is 34.3 Å². The van der Waals surface area contributed by atoms with Crippen LogP contribution in [0.5, 0.6) is 23.0 Å². The number of aromatic nitrogens is 2. The fraction of sp³-hybridized carbons (Fsp3) is 0.304. The Morgan fingerprint density at radius 2 is 1.55 bits per heavy atom. The van der Waals surface area contributed by atoms with E-state index >= 15 is 0 Å². The average molecular weight is 423 g/mol. The van der Waals surface area contributed by atoms with Gasteiger partial charge in [0.15, 0.2) is 11.5 Å². The third kappa shape index (κ3) is 3.76. The molecule has 1 unspecified atom stereocenters. The van der Waals surface area contributed by atoms with Gasteiger partial charge in [0.05, 0.1) is 34.1 Å². The van der Waals surface area contributed by atoms with E-state index < -0.39 is 0 Å². The Bertz CT molecular complexity index is 1170. The zero-order valence-corrected chi connectivity index (χ0v) is 18.2.